The molecule has 3 aromatic rings. The largest absolute Gasteiger partial charge is 0.497 e. The molecule has 0 fully saturated rings. The number of nitrogens with zero attached hydrogens (tertiary/aromatic N) is 1. The summed E-state index contributed by atoms with van der Waals surface area (Å²) in [7, 11) is 1.67. The Labute approximate surface area is 115 Å². The van der Waals surface area contributed by atoms with E-state index >= 15 is 0 Å². The van der Waals surface area contributed by atoms with Crippen molar-refractivity contribution in [2.45, 2.75) is 6.92 Å². The maximum absolute atomic E-state index is 5.17. The zero-order valence-electron chi connectivity index (χ0n) is 10.7. The van der Waals surface area contributed by atoms with Crippen LogP contribution in [0.5, 0.6) is 5.75 Å². The summed E-state index contributed by atoms with van der Waals surface area (Å²) < 4.78 is 10.3. The molecule has 2 heterocycles. The zero-order valence-corrected chi connectivity index (χ0v) is 11.5. The minimum absolute atomic E-state index is 0.853. The van der Waals surface area contributed by atoms with Crippen molar-refractivity contribution < 1.29 is 9.15 Å². The van der Waals surface area contributed by atoms with E-state index in [0.29, 0.717) is 0 Å². The molecule has 3 nitrogen and oxygen atoms in total. The lowest BCUT2D eigenvalue weighted by molar-refractivity contribution is 0.415. The topological polar surface area (TPSA) is 35.3 Å². The smallest absolute Gasteiger partial charge is 0.127 e. The van der Waals surface area contributed by atoms with Crippen molar-refractivity contribution in [3.63, 3.8) is 0 Å². The summed E-state index contributed by atoms with van der Waals surface area (Å²) in [5.74, 6) is 0.853. The fourth-order valence-electron chi connectivity index (χ4n) is 1.92. The van der Waals surface area contributed by atoms with Crippen LogP contribution in [-0.4, -0.2) is 12.1 Å². The molecule has 0 spiro atoms. The Hall–Kier alpha value is -2.07. The normalized spacial score (nSPS) is 10.6. The number of furan rings is 1. The quantitative estimate of drug-likeness (QED) is 0.708. The number of benzene rings is 1. The van der Waals surface area contributed by atoms with Crippen molar-refractivity contribution in [1.29, 1.82) is 0 Å². The molecule has 0 aliphatic carbocycles. The molecule has 0 aliphatic heterocycles. The van der Waals surface area contributed by atoms with Crippen LogP contribution in [0.4, 0.5) is 0 Å². The van der Waals surface area contributed by atoms with Gasteiger partial charge < -0.3 is 9.15 Å². The second kappa shape index (κ2) is 4.90. The van der Waals surface area contributed by atoms with E-state index in [1.54, 1.807) is 31.0 Å². The first kappa shape index (κ1) is 12.0. The summed E-state index contributed by atoms with van der Waals surface area (Å²) >= 11 is 1.67. The molecule has 1 aromatic carbocycles. The molecule has 0 N–H and O–H groups in total. The fourth-order valence-corrected chi connectivity index (χ4v) is 2.84. The molecule has 0 radical (unpaired) electrons. The highest BCUT2D eigenvalue weighted by atomic mass is 32.1. The lowest BCUT2D eigenvalue weighted by atomic mass is 10.1. The van der Waals surface area contributed by atoms with Crippen molar-refractivity contribution in [3.8, 4) is 27.6 Å². The van der Waals surface area contributed by atoms with E-state index in [4.69, 9.17) is 14.1 Å². The van der Waals surface area contributed by atoms with E-state index in [0.717, 1.165) is 27.6 Å². The van der Waals surface area contributed by atoms with Gasteiger partial charge in [0.2, 0.25) is 0 Å². The van der Waals surface area contributed by atoms with Gasteiger partial charge in [-0.25, -0.2) is 4.98 Å². The van der Waals surface area contributed by atoms with Crippen LogP contribution in [0.25, 0.3) is 21.8 Å². The number of methoxy groups -OCH3 is 1. The highest BCUT2D eigenvalue weighted by molar-refractivity contribution is 7.15. The molecule has 4 heteroatoms. The number of hydrogen-bond donors (Lipinski definition) is 0. The zero-order chi connectivity index (χ0) is 13.2. The Bertz CT molecular complexity index is 669. The molecule has 96 valence electrons. The lowest BCUT2D eigenvalue weighted by Gasteiger charge is -2.01. The Morgan fingerprint density at radius 1 is 1.11 bits per heavy atom. The average molecular weight is 271 g/mol. The van der Waals surface area contributed by atoms with Crippen molar-refractivity contribution in [2.75, 3.05) is 7.11 Å². The van der Waals surface area contributed by atoms with Gasteiger partial charge in [0.1, 0.15) is 17.0 Å². The number of aromatic nitrogens is 1. The minimum Gasteiger partial charge on any atom is -0.497 e. The first-order valence-electron chi connectivity index (χ1n) is 5.92. The Balaban J connectivity index is 2.00. The van der Waals surface area contributed by atoms with Gasteiger partial charge in [-0.15, -0.1) is 11.3 Å². The van der Waals surface area contributed by atoms with Gasteiger partial charge >= 0.3 is 0 Å². The SMILES string of the molecule is COc1ccc(-c2nc(-c3ccoc3)sc2C)cc1. The Morgan fingerprint density at radius 2 is 1.89 bits per heavy atom. The summed E-state index contributed by atoms with van der Waals surface area (Å²) in [4.78, 5) is 5.89. The van der Waals surface area contributed by atoms with Gasteiger partial charge in [-0.3, -0.25) is 0 Å². The molecule has 0 unspecified atom stereocenters. The third kappa shape index (κ3) is 2.27. The number of rotatable bonds is 3. The van der Waals surface area contributed by atoms with Crippen LogP contribution in [-0.2, 0) is 0 Å². The van der Waals surface area contributed by atoms with Gasteiger partial charge in [-0.05, 0) is 37.3 Å². The third-order valence-electron chi connectivity index (χ3n) is 2.93. The molecule has 0 aliphatic rings. The molecular weight excluding hydrogens is 258 g/mol. The van der Waals surface area contributed by atoms with Gasteiger partial charge in [-0.2, -0.15) is 0 Å². The summed E-state index contributed by atoms with van der Waals surface area (Å²) in [5, 5.41) is 0.983. The Morgan fingerprint density at radius 3 is 2.53 bits per heavy atom. The van der Waals surface area contributed by atoms with Crippen LogP contribution in [0.1, 0.15) is 4.88 Å². The van der Waals surface area contributed by atoms with E-state index in [2.05, 4.69) is 6.92 Å². The Kier molecular flexibility index (Phi) is 3.09. The molecular formula is C15H13NO2S. The van der Waals surface area contributed by atoms with Crippen LogP contribution in [0.15, 0.2) is 47.3 Å². The molecule has 3 rings (SSSR count). The minimum atomic E-state index is 0.853. The molecule has 2 aromatic heterocycles. The van der Waals surface area contributed by atoms with Gasteiger partial charge in [-0.1, -0.05) is 0 Å². The van der Waals surface area contributed by atoms with Crippen LogP contribution in [0.2, 0.25) is 0 Å². The van der Waals surface area contributed by atoms with Gasteiger partial charge in [0.15, 0.2) is 0 Å². The van der Waals surface area contributed by atoms with E-state index in [9.17, 15) is 0 Å². The number of aryl methyl sites for hydroxylation is 1. The second-order valence-electron chi connectivity index (χ2n) is 4.16. The van der Waals surface area contributed by atoms with Crippen LogP contribution in [0.3, 0.4) is 0 Å². The first-order chi connectivity index (χ1) is 9.28. The maximum atomic E-state index is 5.17. The summed E-state index contributed by atoms with van der Waals surface area (Å²) in [5.41, 5.74) is 3.14. The fraction of sp³-hybridized carbons (Fsp3) is 0.133. The third-order valence-corrected chi connectivity index (χ3v) is 3.95. The molecule has 0 atom stereocenters. The van der Waals surface area contributed by atoms with Crippen molar-refractivity contribution >= 4 is 11.3 Å². The predicted molar refractivity (Wildman–Crippen MR) is 76.5 cm³/mol. The molecule has 0 bridgehead atoms. The van der Waals surface area contributed by atoms with E-state index in [1.165, 1.54) is 4.88 Å². The predicted octanol–water partition coefficient (Wildman–Crippen LogP) is 4.39. The highest BCUT2D eigenvalue weighted by Gasteiger charge is 2.12. The second-order valence-corrected chi connectivity index (χ2v) is 5.37. The first-order valence-corrected chi connectivity index (χ1v) is 6.74. The van der Waals surface area contributed by atoms with Crippen molar-refractivity contribution in [1.82, 2.24) is 4.98 Å². The number of hydrogen-bond acceptors (Lipinski definition) is 4. The van der Waals surface area contributed by atoms with Gasteiger partial charge in [0.05, 0.1) is 19.1 Å². The van der Waals surface area contributed by atoms with E-state index in [1.807, 2.05) is 30.3 Å². The standard InChI is InChI=1S/C15H13NO2S/c1-10-14(11-3-5-13(17-2)6-4-11)16-15(19-10)12-7-8-18-9-12/h3-9H,1-2H3. The van der Waals surface area contributed by atoms with Crippen molar-refractivity contribution in [3.05, 3.63) is 47.7 Å². The summed E-state index contributed by atoms with van der Waals surface area (Å²) in [6.45, 7) is 2.08. The van der Waals surface area contributed by atoms with Crippen LogP contribution >= 0.6 is 11.3 Å². The molecule has 0 saturated heterocycles. The summed E-state index contributed by atoms with van der Waals surface area (Å²) in [6, 6.07) is 9.88. The molecule has 0 amide bonds. The van der Waals surface area contributed by atoms with Crippen LogP contribution < -0.4 is 4.74 Å². The van der Waals surface area contributed by atoms with Crippen LogP contribution in [0, 0.1) is 6.92 Å². The molecule has 19 heavy (non-hydrogen) atoms. The van der Waals surface area contributed by atoms with Gasteiger partial charge in [0, 0.05) is 16.0 Å². The van der Waals surface area contributed by atoms with Gasteiger partial charge in [0.25, 0.3) is 0 Å². The lowest BCUT2D eigenvalue weighted by Crippen LogP contribution is -1.84. The van der Waals surface area contributed by atoms with Crippen molar-refractivity contribution in [2.24, 2.45) is 0 Å². The number of thiazole rings is 1. The van der Waals surface area contributed by atoms with E-state index < -0.39 is 0 Å². The average Bonchev–Trinajstić information content (AvgIpc) is 3.08. The summed E-state index contributed by atoms with van der Waals surface area (Å²) in [6.07, 6.45) is 3.38. The maximum Gasteiger partial charge on any atom is 0.127 e. The van der Waals surface area contributed by atoms with E-state index in [-0.39, 0.29) is 0 Å². The number of ether oxygens (including phenoxy) is 1. The highest BCUT2D eigenvalue weighted by Crippen LogP contribution is 2.33. The molecule has 0 saturated carbocycles. The monoisotopic (exact) mass is 271 g/mol.